The minimum absolute atomic E-state index is 0.191. The Kier molecular flexibility index (Phi) is 3.41. The monoisotopic (exact) mass is 249 g/mol. The number of nitrogens with two attached hydrogens (primary N) is 1. The molecule has 0 aliphatic carbocycles. The van der Waals surface area contributed by atoms with Gasteiger partial charge < -0.3 is 15.7 Å². The third kappa shape index (κ3) is 2.39. The summed E-state index contributed by atoms with van der Waals surface area (Å²) in [6.07, 6.45) is 2.58. The first-order valence-electron chi connectivity index (χ1n) is 6.22. The van der Waals surface area contributed by atoms with Crippen LogP contribution in [0.1, 0.15) is 30.6 Å². The van der Waals surface area contributed by atoms with Crippen LogP contribution in [-0.2, 0) is 0 Å². The van der Waals surface area contributed by atoms with Crippen LogP contribution in [0.3, 0.4) is 0 Å². The number of hydrogen-bond acceptors (Lipinski definition) is 4. The van der Waals surface area contributed by atoms with Crippen molar-refractivity contribution < 1.29 is 9.90 Å². The first-order chi connectivity index (χ1) is 8.49. The van der Waals surface area contributed by atoms with Crippen LogP contribution < -0.4 is 10.6 Å². The van der Waals surface area contributed by atoms with Gasteiger partial charge in [0.05, 0.1) is 11.9 Å². The Labute approximate surface area is 107 Å². The van der Waals surface area contributed by atoms with Crippen molar-refractivity contribution >= 4 is 17.5 Å². The van der Waals surface area contributed by atoms with Gasteiger partial charge in [0.1, 0.15) is 11.4 Å². The Morgan fingerprint density at radius 3 is 2.83 bits per heavy atom. The quantitative estimate of drug-likeness (QED) is 0.836. The predicted molar refractivity (Wildman–Crippen MR) is 70.8 cm³/mol. The van der Waals surface area contributed by atoms with Gasteiger partial charge >= 0.3 is 5.97 Å². The van der Waals surface area contributed by atoms with Gasteiger partial charge in [-0.05, 0) is 24.3 Å². The van der Waals surface area contributed by atoms with Crippen LogP contribution in [0, 0.1) is 11.8 Å². The summed E-state index contributed by atoms with van der Waals surface area (Å²) in [5.74, 6) is 0.773. The summed E-state index contributed by atoms with van der Waals surface area (Å²) in [4.78, 5) is 17.5. The van der Waals surface area contributed by atoms with E-state index in [4.69, 9.17) is 5.73 Å². The molecule has 0 saturated carbocycles. The molecule has 5 heteroatoms. The number of carbonyl (C=O) groups is 1. The first kappa shape index (κ1) is 12.7. The molecular formula is C13H19N3O2. The largest absolute Gasteiger partial charge is 0.478 e. The summed E-state index contributed by atoms with van der Waals surface area (Å²) in [7, 11) is 0. The van der Waals surface area contributed by atoms with Crippen LogP contribution in [0.25, 0.3) is 0 Å². The van der Waals surface area contributed by atoms with E-state index in [-0.39, 0.29) is 5.56 Å². The SMILES string of the molecule is CC1CCN(c2ncc(N)cc2C(=O)O)CC1C. The lowest BCUT2D eigenvalue weighted by Crippen LogP contribution is -2.39. The van der Waals surface area contributed by atoms with Gasteiger partial charge in [-0.3, -0.25) is 0 Å². The molecule has 3 N–H and O–H groups in total. The van der Waals surface area contributed by atoms with E-state index in [9.17, 15) is 9.90 Å². The highest BCUT2D eigenvalue weighted by molar-refractivity contribution is 5.94. The molecule has 2 unspecified atom stereocenters. The molecule has 18 heavy (non-hydrogen) atoms. The maximum absolute atomic E-state index is 11.2. The Hall–Kier alpha value is -1.78. The van der Waals surface area contributed by atoms with Crippen molar-refractivity contribution in [2.75, 3.05) is 23.7 Å². The van der Waals surface area contributed by atoms with Crippen LogP contribution >= 0.6 is 0 Å². The van der Waals surface area contributed by atoms with Gasteiger partial charge in [0.25, 0.3) is 0 Å². The fourth-order valence-corrected chi connectivity index (χ4v) is 2.34. The Morgan fingerprint density at radius 2 is 2.22 bits per heavy atom. The fourth-order valence-electron chi connectivity index (χ4n) is 2.34. The summed E-state index contributed by atoms with van der Waals surface area (Å²) >= 11 is 0. The second kappa shape index (κ2) is 4.84. The van der Waals surface area contributed by atoms with E-state index in [1.165, 1.54) is 12.3 Å². The topological polar surface area (TPSA) is 79.5 Å². The van der Waals surface area contributed by atoms with Crippen LogP contribution in [-0.4, -0.2) is 29.1 Å². The molecule has 0 aromatic carbocycles. The molecule has 1 aliphatic heterocycles. The average Bonchev–Trinajstić information content (AvgIpc) is 2.32. The Morgan fingerprint density at radius 1 is 1.50 bits per heavy atom. The van der Waals surface area contributed by atoms with E-state index >= 15 is 0 Å². The van der Waals surface area contributed by atoms with Gasteiger partial charge in [-0.2, -0.15) is 0 Å². The van der Waals surface area contributed by atoms with Gasteiger partial charge in [-0.1, -0.05) is 13.8 Å². The number of rotatable bonds is 2. The summed E-state index contributed by atoms with van der Waals surface area (Å²) in [5, 5.41) is 9.22. The number of nitrogen functional groups attached to an aromatic ring is 1. The minimum Gasteiger partial charge on any atom is -0.478 e. The van der Waals surface area contributed by atoms with Crippen LogP contribution in [0.4, 0.5) is 11.5 Å². The molecule has 1 aromatic rings. The van der Waals surface area contributed by atoms with Gasteiger partial charge in [-0.25, -0.2) is 9.78 Å². The molecular weight excluding hydrogens is 230 g/mol. The minimum atomic E-state index is -0.976. The highest BCUT2D eigenvalue weighted by Gasteiger charge is 2.26. The van der Waals surface area contributed by atoms with E-state index < -0.39 is 5.97 Å². The number of carboxylic acids is 1. The molecule has 0 bridgehead atoms. The maximum atomic E-state index is 11.2. The van der Waals surface area contributed by atoms with Crippen molar-refractivity contribution in [1.82, 2.24) is 4.98 Å². The molecule has 0 amide bonds. The van der Waals surface area contributed by atoms with Crippen molar-refractivity contribution in [1.29, 1.82) is 0 Å². The Balaban J connectivity index is 2.30. The summed E-state index contributed by atoms with van der Waals surface area (Å²) in [6.45, 7) is 6.12. The molecule has 2 atom stereocenters. The molecule has 1 saturated heterocycles. The molecule has 5 nitrogen and oxygen atoms in total. The molecule has 98 valence electrons. The number of pyridine rings is 1. The zero-order chi connectivity index (χ0) is 13.3. The van der Waals surface area contributed by atoms with Gasteiger partial charge in [0.2, 0.25) is 0 Å². The van der Waals surface area contributed by atoms with Crippen molar-refractivity contribution in [3.63, 3.8) is 0 Å². The molecule has 1 fully saturated rings. The molecule has 2 heterocycles. The van der Waals surface area contributed by atoms with Crippen LogP contribution in [0.5, 0.6) is 0 Å². The van der Waals surface area contributed by atoms with Crippen molar-refractivity contribution in [2.24, 2.45) is 11.8 Å². The van der Waals surface area contributed by atoms with E-state index in [2.05, 4.69) is 18.8 Å². The third-order valence-corrected chi connectivity index (χ3v) is 3.75. The highest BCUT2D eigenvalue weighted by atomic mass is 16.4. The molecule has 2 rings (SSSR count). The van der Waals surface area contributed by atoms with Crippen molar-refractivity contribution in [2.45, 2.75) is 20.3 Å². The first-order valence-corrected chi connectivity index (χ1v) is 6.22. The number of carboxylic acid groups (broad SMARTS) is 1. The molecule has 0 radical (unpaired) electrons. The van der Waals surface area contributed by atoms with Gasteiger partial charge in [0.15, 0.2) is 0 Å². The maximum Gasteiger partial charge on any atom is 0.339 e. The number of aromatic nitrogens is 1. The van der Waals surface area contributed by atoms with Crippen LogP contribution in [0.2, 0.25) is 0 Å². The number of piperidine rings is 1. The number of aromatic carboxylic acids is 1. The van der Waals surface area contributed by atoms with E-state index in [0.717, 1.165) is 19.5 Å². The van der Waals surface area contributed by atoms with Gasteiger partial charge in [-0.15, -0.1) is 0 Å². The standard InChI is InChI=1S/C13H19N3O2/c1-8-3-4-16(7-9(8)2)12-11(13(17)18)5-10(14)6-15-12/h5-6,8-9H,3-4,7,14H2,1-2H3,(H,17,18). The van der Waals surface area contributed by atoms with E-state index in [0.29, 0.717) is 23.3 Å². The molecule has 1 aromatic heterocycles. The lowest BCUT2D eigenvalue weighted by atomic mass is 9.88. The second-order valence-corrected chi connectivity index (χ2v) is 5.13. The highest BCUT2D eigenvalue weighted by Crippen LogP contribution is 2.28. The molecule has 1 aliphatic rings. The van der Waals surface area contributed by atoms with Gasteiger partial charge in [0, 0.05) is 13.1 Å². The van der Waals surface area contributed by atoms with Crippen molar-refractivity contribution in [3.8, 4) is 0 Å². The van der Waals surface area contributed by atoms with Crippen LogP contribution in [0.15, 0.2) is 12.3 Å². The lowest BCUT2D eigenvalue weighted by Gasteiger charge is -2.36. The Bertz CT molecular complexity index is 462. The number of hydrogen-bond donors (Lipinski definition) is 2. The smallest absolute Gasteiger partial charge is 0.339 e. The number of anilines is 2. The zero-order valence-corrected chi connectivity index (χ0v) is 10.8. The average molecular weight is 249 g/mol. The normalized spacial score (nSPS) is 24.0. The van der Waals surface area contributed by atoms with E-state index in [1.807, 2.05) is 4.90 Å². The van der Waals surface area contributed by atoms with E-state index in [1.54, 1.807) is 0 Å². The summed E-state index contributed by atoms with van der Waals surface area (Å²) < 4.78 is 0. The number of nitrogens with zero attached hydrogens (tertiary/aromatic N) is 2. The summed E-state index contributed by atoms with van der Waals surface area (Å²) in [5.41, 5.74) is 6.18. The third-order valence-electron chi connectivity index (χ3n) is 3.75. The summed E-state index contributed by atoms with van der Waals surface area (Å²) in [6, 6.07) is 1.48. The molecule has 0 spiro atoms. The second-order valence-electron chi connectivity index (χ2n) is 5.13. The zero-order valence-electron chi connectivity index (χ0n) is 10.8. The van der Waals surface area contributed by atoms with Crippen molar-refractivity contribution in [3.05, 3.63) is 17.8 Å². The lowest BCUT2D eigenvalue weighted by molar-refractivity contribution is 0.0697. The fraction of sp³-hybridized carbons (Fsp3) is 0.538. The predicted octanol–water partition coefficient (Wildman–Crippen LogP) is 1.84.